The Bertz CT molecular complexity index is 295. The highest BCUT2D eigenvalue weighted by Gasteiger charge is 2.12. The number of aryl methyl sites for hydroxylation is 2. The smallest absolute Gasteiger partial charge is 0.119 e. The fraction of sp³-hybridized carbons (Fsp3) is 0.500. The molecule has 0 amide bonds. The minimum atomic E-state index is -0.360. The molecule has 0 heterocycles. The molecule has 0 spiro atoms. The maximum absolute atomic E-state index is 9.81. The number of benzene rings is 1. The van der Waals surface area contributed by atoms with Gasteiger partial charge in [0.1, 0.15) is 5.75 Å². The van der Waals surface area contributed by atoms with Gasteiger partial charge in [-0.3, -0.25) is 0 Å². The van der Waals surface area contributed by atoms with Gasteiger partial charge in [0.15, 0.2) is 0 Å². The van der Waals surface area contributed by atoms with Gasteiger partial charge in [0.25, 0.3) is 0 Å². The molecule has 1 unspecified atom stereocenters. The lowest BCUT2D eigenvalue weighted by atomic mass is 9.96. The first-order valence-corrected chi connectivity index (χ1v) is 4.93. The van der Waals surface area contributed by atoms with E-state index in [1.165, 1.54) is 0 Å². The van der Waals surface area contributed by atoms with Crippen LogP contribution in [-0.2, 0) is 0 Å². The molecule has 0 saturated heterocycles. The molecule has 1 N–H and O–H groups in total. The topological polar surface area (TPSA) is 29.5 Å². The Balaban J connectivity index is 3.18. The second kappa shape index (κ2) is 4.47. The van der Waals surface area contributed by atoms with Gasteiger partial charge in [0.05, 0.1) is 13.2 Å². The molecular formula is C12H18O2. The molecule has 0 aliphatic heterocycles. The van der Waals surface area contributed by atoms with Crippen LogP contribution in [0.2, 0.25) is 0 Å². The second-order valence-corrected chi connectivity index (χ2v) is 3.60. The minimum absolute atomic E-state index is 0.360. The summed E-state index contributed by atoms with van der Waals surface area (Å²) in [6.45, 7) is 5.99. The Morgan fingerprint density at radius 1 is 1.29 bits per heavy atom. The van der Waals surface area contributed by atoms with E-state index in [0.29, 0.717) is 0 Å². The van der Waals surface area contributed by atoms with Crippen molar-refractivity contribution in [2.24, 2.45) is 0 Å². The molecule has 1 rings (SSSR count). The van der Waals surface area contributed by atoms with E-state index in [9.17, 15) is 5.11 Å². The molecule has 0 saturated carbocycles. The number of aliphatic hydroxyl groups is 1. The molecule has 2 nitrogen and oxygen atoms in total. The molecule has 0 aromatic heterocycles. The van der Waals surface area contributed by atoms with Gasteiger partial charge in [-0.15, -0.1) is 0 Å². The third-order valence-electron chi connectivity index (χ3n) is 2.52. The van der Waals surface area contributed by atoms with E-state index in [4.69, 9.17) is 4.74 Å². The maximum atomic E-state index is 9.81. The van der Waals surface area contributed by atoms with Crippen molar-refractivity contribution in [2.75, 3.05) is 7.11 Å². The SMILES string of the molecule is CCC(O)c1c(C)cc(OC)cc1C. The molecule has 14 heavy (non-hydrogen) atoms. The average Bonchev–Trinajstić information content (AvgIpc) is 2.16. The summed E-state index contributed by atoms with van der Waals surface area (Å²) < 4.78 is 5.16. The molecule has 0 radical (unpaired) electrons. The van der Waals surface area contributed by atoms with Crippen molar-refractivity contribution in [3.05, 3.63) is 28.8 Å². The van der Waals surface area contributed by atoms with Crippen molar-refractivity contribution < 1.29 is 9.84 Å². The summed E-state index contributed by atoms with van der Waals surface area (Å²) in [4.78, 5) is 0. The average molecular weight is 194 g/mol. The summed E-state index contributed by atoms with van der Waals surface area (Å²) in [6, 6.07) is 3.92. The number of hydrogen-bond donors (Lipinski definition) is 1. The van der Waals surface area contributed by atoms with Crippen molar-refractivity contribution in [3.63, 3.8) is 0 Å². The number of methoxy groups -OCH3 is 1. The van der Waals surface area contributed by atoms with E-state index in [1.54, 1.807) is 7.11 Å². The lowest BCUT2D eigenvalue weighted by Crippen LogP contribution is -2.02. The summed E-state index contributed by atoms with van der Waals surface area (Å²) in [5.41, 5.74) is 3.22. The van der Waals surface area contributed by atoms with Crippen LogP contribution in [0.4, 0.5) is 0 Å². The quantitative estimate of drug-likeness (QED) is 0.801. The lowest BCUT2D eigenvalue weighted by Gasteiger charge is -2.16. The molecule has 0 aliphatic carbocycles. The molecule has 0 bridgehead atoms. The first-order valence-electron chi connectivity index (χ1n) is 4.93. The predicted octanol–water partition coefficient (Wildman–Crippen LogP) is 2.76. The van der Waals surface area contributed by atoms with Crippen LogP contribution in [0.3, 0.4) is 0 Å². The fourth-order valence-electron chi connectivity index (χ4n) is 1.78. The van der Waals surface area contributed by atoms with Gasteiger partial charge >= 0.3 is 0 Å². The normalized spacial score (nSPS) is 12.6. The summed E-state index contributed by atoms with van der Waals surface area (Å²) >= 11 is 0. The van der Waals surface area contributed by atoms with Gasteiger partial charge in [-0.1, -0.05) is 6.92 Å². The van der Waals surface area contributed by atoms with Crippen LogP contribution in [0, 0.1) is 13.8 Å². The Kier molecular flexibility index (Phi) is 3.53. The highest BCUT2D eigenvalue weighted by molar-refractivity contribution is 5.42. The summed E-state index contributed by atoms with van der Waals surface area (Å²) in [5, 5.41) is 9.81. The highest BCUT2D eigenvalue weighted by Crippen LogP contribution is 2.28. The predicted molar refractivity (Wildman–Crippen MR) is 57.7 cm³/mol. The number of ether oxygens (including phenoxy) is 1. The van der Waals surface area contributed by atoms with Crippen LogP contribution < -0.4 is 4.74 Å². The van der Waals surface area contributed by atoms with Gasteiger partial charge in [-0.25, -0.2) is 0 Å². The standard InChI is InChI=1S/C12H18O2/c1-5-11(13)12-8(2)6-10(14-4)7-9(12)3/h6-7,11,13H,5H2,1-4H3. The second-order valence-electron chi connectivity index (χ2n) is 3.60. The Morgan fingerprint density at radius 2 is 1.79 bits per heavy atom. The largest absolute Gasteiger partial charge is 0.497 e. The Morgan fingerprint density at radius 3 is 2.14 bits per heavy atom. The van der Waals surface area contributed by atoms with Crippen molar-refractivity contribution in [1.29, 1.82) is 0 Å². The first kappa shape index (κ1) is 11.1. The molecule has 1 atom stereocenters. The number of hydrogen-bond acceptors (Lipinski definition) is 2. The molecule has 1 aromatic carbocycles. The van der Waals surface area contributed by atoms with Gasteiger partial charge < -0.3 is 9.84 Å². The van der Waals surface area contributed by atoms with Crippen molar-refractivity contribution in [3.8, 4) is 5.75 Å². The summed E-state index contributed by atoms with van der Waals surface area (Å²) in [5.74, 6) is 0.854. The van der Waals surface area contributed by atoms with Crippen molar-refractivity contribution in [1.82, 2.24) is 0 Å². The third kappa shape index (κ3) is 2.07. The van der Waals surface area contributed by atoms with Crippen LogP contribution in [0.1, 0.15) is 36.1 Å². The van der Waals surface area contributed by atoms with Crippen LogP contribution in [0.25, 0.3) is 0 Å². The minimum Gasteiger partial charge on any atom is -0.497 e. The van der Waals surface area contributed by atoms with Gasteiger partial charge in [-0.05, 0) is 49.1 Å². The van der Waals surface area contributed by atoms with E-state index in [2.05, 4.69) is 0 Å². The highest BCUT2D eigenvalue weighted by atomic mass is 16.5. The Labute approximate surface area is 85.5 Å². The Hall–Kier alpha value is -1.02. The molecular weight excluding hydrogens is 176 g/mol. The van der Waals surface area contributed by atoms with E-state index in [1.807, 2.05) is 32.9 Å². The van der Waals surface area contributed by atoms with Gasteiger partial charge in [0.2, 0.25) is 0 Å². The van der Waals surface area contributed by atoms with E-state index >= 15 is 0 Å². The molecule has 1 aromatic rings. The van der Waals surface area contributed by atoms with E-state index < -0.39 is 0 Å². The third-order valence-corrected chi connectivity index (χ3v) is 2.52. The van der Waals surface area contributed by atoms with Crippen LogP contribution in [-0.4, -0.2) is 12.2 Å². The molecule has 0 aliphatic rings. The van der Waals surface area contributed by atoms with Crippen LogP contribution >= 0.6 is 0 Å². The monoisotopic (exact) mass is 194 g/mol. The fourth-order valence-corrected chi connectivity index (χ4v) is 1.78. The zero-order valence-electron chi connectivity index (χ0n) is 9.29. The van der Waals surface area contributed by atoms with E-state index in [-0.39, 0.29) is 6.10 Å². The van der Waals surface area contributed by atoms with Crippen LogP contribution in [0.5, 0.6) is 5.75 Å². The molecule has 78 valence electrons. The summed E-state index contributed by atoms with van der Waals surface area (Å²) in [7, 11) is 1.66. The van der Waals surface area contributed by atoms with Crippen LogP contribution in [0.15, 0.2) is 12.1 Å². The first-order chi connectivity index (χ1) is 6.60. The zero-order chi connectivity index (χ0) is 10.7. The molecule has 0 fully saturated rings. The zero-order valence-corrected chi connectivity index (χ0v) is 9.29. The van der Waals surface area contributed by atoms with Gasteiger partial charge in [-0.2, -0.15) is 0 Å². The lowest BCUT2D eigenvalue weighted by molar-refractivity contribution is 0.172. The van der Waals surface area contributed by atoms with Gasteiger partial charge in [0, 0.05) is 0 Å². The summed E-state index contributed by atoms with van der Waals surface area (Å²) in [6.07, 6.45) is 0.384. The molecule has 2 heteroatoms. The maximum Gasteiger partial charge on any atom is 0.119 e. The van der Waals surface area contributed by atoms with E-state index in [0.717, 1.165) is 28.9 Å². The van der Waals surface area contributed by atoms with Crippen molar-refractivity contribution >= 4 is 0 Å². The number of aliphatic hydroxyl groups excluding tert-OH is 1. The number of rotatable bonds is 3. The van der Waals surface area contributed by atoms with Crippen molar-refractivity contribution in [2.45, 2.75) is 33.3 Å².